The standard InChI is InChI=1S/C24H30N6O/c25-15-29-24(28)18-10-11-21(26)20(14-18)23(27)17-8-5-9-19(13-17)30-22(31)12-16-6-3-1-2-4-7-16/h5,8-11,13-16,27H,1-4,6-7,12,26H2,(H,30,31)(H3,25,28,29). The number of nitrogen functional groups attached to an aromatic ring is 1. The van der Waals surface area contributed by atoms with Crippen LogP contribution in [0.15, 0.2) is 47.5 Å². The summed E-state index contributed by atoms with van der Waals surface area (Å²) in [5, 5.41) is 18.7. The number of nitrogens with two attached hydrogens (primary N) is 2. The fourth-order valence-electron chi connectivity index (χ4n) is 4.03. The number of anilines is 2. The van der Waals surface area contributed by atoms with Crippen LogP contribution in [0.2, 0.25) is 0 Å². The number of carbonyl (C=O) groups is 1. The largest absolute Gasteiger partial charge is 0.398 e. The smallest absolute Gasteiger partial charge is 0.224 e. The third kappa shape index (κ3) is 6.01. The molecule has 2 aromatic carbocycles. The van der Waals surface area contributed by atoms with Crippen LogP contribution in [0.1, 0.15) is 61.6 Å². The molecule has 0 bridgehead atoms. The first kappa shape index (κ1) is 22.2. The van der Waals surface area contributed by atoms with Gasteiger partial charge in [0.1, 0.15) is 12.2 Å². The molecule has 1 aliphatic rings. The Labute approximate surface area is 183 Å². The number of nitrogens with one attached hydrogen (secondary N) is 3. The minimum absolute atomic E-state index is 0.0210. The van der Waals surface area contributed by atoms with Crippen LogP contribution in [0.5, 0.6) is 0 Å². The van der Waals surface area contributed by atoms with E-state index in [4.69, 9.17) is 22.3 Å². The second-order valence-electron chi connectivity index (χ2n) is 8.01. The van der Waals surface area contributed by atoms with Crippen LogP contribution in [0.25, 0.3) is 0 Å². The molecule has 1 amide bonds. The van der Waals surface area contributed by atoms with Crippen molar-refractivity contribution in [2.45, 2.75) is 44.9 Å². The summed E-state index contributed by atoms with van der Waals surface area (Å²) < 4.78 is 0. The monoisotopic (exact) mass is 418 g/mol. The van der Waals surface area contributed by atoms with Crippen molar-refractivity contribution in [2.24, 2.45) is 16.6 Å². The number of amidine groups is 1. The Morgan fingerprint density at radius 3 is 2.55 bits per heavy atom. The Morgan fingerprint density at radius 2 is 1.84 bits per heavy atom. The van der Waals surface area contributed by atoms with Crippen LogP contribution in [0, 0.1) is 16.7 Å². The predicted octanol–water partition coefficient (Wildman–Crippen LogP) is 4.30. The van der Waals surface area contributed by atoms with Gasteiger partial charge in [-0.2, -0.15) is 0 Å². The zero-order chi connectivity index (χ0) is 22.2. The summed E-state index contributed by atoms with van der Waals surface area (Å²) in [6, 6.07) is 12.3. The van der Waals surface area contributed by atoms with E-state index in [2.05, 4.69) is 10.3 Å². The lowest BCUT2D eigenvalue weighted by Crippen LogP contribution is -2.17. The van der Waals surface area contributed by atoms with E-state index in [1.165, 1.54) is 25.7 Å². The first-order chi connectivity index (χ1) is 15.0. The van der Waals surface area contributed by atoms with E-state index in [0.717, 1.165) is 19.2 Å². The van der Waals surface area contributed by atoms with Crippen LogP contribution < -0.4 is 16.8 Å². The SMILES string of the molecule is N=CN=C(N)c1ccc(N)c(C(=N)c2cccc(NC(=O)CC3CCCCCC3)c2)c1. The molecular formula is C24H30N6O. The molecule has 3 rings (SSSR count). The van der Waals surface area contributed by atoms with Gasteiger partial charge in [0, 0.05) is 34.5 Å². The van der Waals surface area contributed by atoms with Gasteiger partial charge in [0.2, 0.25) is 5.91 Å². The molecule has 31 heavy (non-hydrogen) atoms. The number of amides is 1. The van der Waals surface area contributed by atoms with Crippen LogP contribution in [0.3, 0.4) is 0 Å². The van der Waals surface area contributed by atoms with Gasteiger partial charge in [0.05, 0.1) is 5.71 Å². The fourth-order valence-corrected chi connectivity index (χ4v) is 4.03. The third-order valence-electron chi connectivity index (χ3n) is 5.71. The molecule has 7 heteroatoms. The first-order valence-electron chi connectivity index (χ1n) is 10.7. The average molecular weight is 419 g/mol. The van der Waals surface area contributed by atoms with Gasteiger partial charge in [-0.05, 0) is 49.1 Å². The molecule has 0 aliphatic heterocycles. The Bertz CT molecular complexity index is 989. The predicted molar refractivity (Wildman–Crippen MR) is 127 cm³/mol. The number of nitrogens with zero attached hydrogens (tertiary/aromatic N) is 1. The van der Waals surface area contributed by atoms with Gasteiger partial charge in [-0.3, -0.25) is 15.6 Å². The highest BCUT2D eigenvalue weighted by molar-refractivity contribution is 6.15. The lowest BCUT2D eigenvalue weighted by Gasteiger charge is -2.14. The Balaban J connectivity index is 1.74. The van der Waals surface area contributed by atoms with Gasteiger partial charge in [-0.15, -0.1) is 0 Å². The molecule has 0 spiro atoms. The molecule has 0 unspecified atom stereocenters. The molecule has 1 fully saturated rings. The molecule has 0 radical (unpaired) electrons. The van der Waals surface area contributed by atoms with E-state index >= 15 is 0 Å². The molecule has 7 N–H and O–H groups in total. The minimum atomic E-state index is 0.0210. The number of rotatable bonds is 7. The van der Waals surface area contributed by atoms with Crippen molar-refractivity contribution >= 4 is 35.2 Å². The summed E-state index contributed by atoms with van der Waals surface area (Å²) >= 11 is 0. The number of carbonyl (C=O) groups excluding carboxylic acids is 1. The van der Waals surface area contributed by atoms with Gasteiger partial charge >= 0.3 is 0 Å². The Kier molecular flexibility index (Phi) is 7.54. The summed E-state index contributed by atoms with van der Waals surface area (Å²) in [5.41, 5.74) is 15.0. The van der Waals surface area contributed by atoms with Gasteiger partial charge in [0.25, 0.3) is 0 Å². The van der Waals surface area contributed by atoms with E-state index in [0.29, 0.717) is 40.4 Å². The normalized spacial score (nSPS) is 15.2. The molecule has 2 aromatic rings. The van der Waals surface area contributed by atoms with E-state index in [-0.39, 0.29) is 17.5 Å². The maximum atomic E-state index is 12.5. The lowest BCUT2D eigenvalue weighted by atomic mass is 9.96. The molecule has 162 valence electrons. The zero-order valence-electron chi connectivity index (χ0n) is 17.7. The van der Waals surface area contributed by atoms with Crippen molar-refractivity contribution in [1.82, 2.24) is 0 Å². The van der Waals surface area contributed by atoms with Crippen molar-refractivity contribution in [1.29, 1.82) is 10.8 Å². The highest BCUT2D eigenvalue weighted by Crippen LogP contribution is 2.26. The Morgan fingerprint density at radius 1 is 1.10 bits per heavy atom. The van der Waals surface area contributed by atoms with Gasteiger partial charge in [0.15, 0.2) is 0 Å². The van der Waals surface area contributed by atoms with Crippen LogP contribution in [-0.4, -0.2) is 23.8 Å². The zero-order valence-corrected chi connectivity index (χ0v) is 17.7. The van der Waals surface area contributed by atoms with Crippen molar-refractivity contribution in [2.75, 3.05) is 11.1 Å². The molecule has 1 aliphatic carbocycles. The molecule has 0 heterocycles. The van der Waals surface area contributed by atoms with Crippen LogP contribution in [0.4, 0.5) is 11.4 Å². The maximum absolute atomic E-state index is 12.5. The topological polar surface area (TPSA) is 141 Å². The Hall–Kier alpha value is -3.48. The molecule has 0 atom stereocenters. The number of hydrogen-bond donors (Lipinski definition) is 5. The summed E-state index contributed by atoms with van der Waals surface area (Å²) in [4.78, 5) is 16.3. The quantitative estimate of drug-likeness (QED) is 0.198. The third-order valence-corrected chi connectivity index (χ3v) is 5.71. The minimum Gasteiger partial charge on any atom is -0.398 e. The van der Waals surface area contributed by atoms with Crippen molar-refractivity contribution < 1.29 is 4.79 Å². The molecule has 0 aromatic heterocycles. The van der Waals surface area contributed by atoms with Crippen molar-refractivity contribution in [3.05, 3.63) is 59.2 Å². The molecule has 7 nitrogen and oxygen atoms in total. The summed E-state index contributed by atoms with van der Waals surface area (Å²) in [6.45, 7) is 0. The van der Waals surface area contributed by atoms with E-state index in [1.54, 1.807) is 24.3 Å². The van der Waals surface area contributed by atoms with Crippen molar-refractivity contribution in [3.63, 3.8) is 0 Å². The van der Waals surface area contributed by atoms with Gasteiger partial charge in [-0.25, -0.2) is 4.99 Å². The number of hydrogen-bond acceptors (Lipinski definition) is 4. The van der Waals surface area contributed by atoms with Gasteiger partial charge in [-0.1, -0.05) is 37.8 Å². The fraction of sp³-hybridized carbons (Fsp3) is 0.333. The summed E-state index contributed by atoms with van der Waals surface area (Å²) in [7, 11) is 0. The summed E-state index contributed by atoms with van der Waals surface area (Å²) in [5.74, 6) is 0.663. The maximum Gasteiger partial charge on any atom is 0.224 e. The first-order valence-corrected chi connectivity index (χ1v) is 10.7. The highest BCUT2D eigenvalue weighted by Gasteiger charge is 2.17. The van der Waals surface area contributed by atoms with E-state index in [1.807, 2.05) is 18.2 Å². The second kappa shape index (κ2) is 10.5. The van der Waals surface area contributed by atoms with Gasteiger partial charge < -0.3 is 16.8 Å². The number of benzene rings is 2. The van der Waals surface area contributed by atoms with Crippen LogP contribution >= 0.6 is 0 Å². The molecule has 1 saturated carbocycles. The average Bonchev–Trinajstić information content (AvgIpc) is 3.02. The molecular weight excluding hydrogens is 388 g/mol. The number of aliphatic imine (C=N–C) groups is 1. The highest BCUT2D eigenvalue weighted by atomic mass is 16.1. The summed E-state index contributed by atoms with van der Waals surface area (Å²) in [6.07, 6.45) is 8.62. The van der Waals surface area contributed by atoms with E-state index < -0.39 is 0 Å². The lowest BCUT2D eigenvalue weighted by molar-refractivity contribution is -0.117. The van der Waals surface area contributed by atoms with Crippen LogP contribution in [-0.2, 0) is 4.79 Å². The van der Waals surface area contributed by atoms with E-state index in [9.17, 15) is 4.79 Å². The van der Waals surface area contributed by atoms with Crippen molar-refractivity contribution in [3.8, 4) is 0 Å². The molecule has 0 saturated heterocycles. The second-order valence-corrected chi connectivity index (χ2v) is 8.01.